The van der Waals surface area contributed by atoms with Crippen LogP contribution in [0.4, 0.5) is 17.2 Å². The van der Waals surface area contributed by atoms with Crippen molar-refractivity contribution in [2.45, 2.75) is 46.0 Å². The molecule has 2 N–H and O–H groups in total. The first-order valence-corrected chi connectivity index (χ1v) is 9.91. The Morgan fingerprint density at radius 2 is 1.85 bits per heavy atom. The molecular formula is C21H29N5O. The van der Waals surface area contributed by atoms with Gasteiger partial charge in [0, 0.05) is 37.1 Å². The highest BCUT2D eigenvalue weighted by Gasteiger charge is 2.12. The van der Waals surface area contributed by atoms with Crippen molar-refractivity contribution in [3.63, 3.8) is 0 Å². The molecule has 3 rings (SSSR count). The van der Waals surface area contributed by atoms with Crippen molar-refractivity contribution in [1.29, 1.82) is 0 Å². The Bertz CT molecular complexity index is 754. The number of aryl methyl sites for hydroxylation is 1. The van der Waals surface area contributed by atoms with Crippen LogP contribution in [0.25, 0.3) is 0 Å². The SMILES string of the molecule is CCCCNC(=O)c1cc(Nc2ccc(N3CCCCC3)cc2)nc(C)n1. The zero-order chi connectivity index (χ0) is 19.1. The van der Waals surface area contributed by atoms with Crippen LogP contribution in [-0.4, -0.2) is 35.5 Å². The van der Waals surface area contributed by atoms with E-state index in [9.17, 15) is 4.79 Å². The Morgan fingerprint density at radius 1 is 1.11 bits per heavy atom. The number of unbranched alkanes of at least 4 members (excludes halogenated alkanes) is 1. The van der Waals surface area contributed by atoms with Gasteiger partial charge in [-0.2, -0.15) is 0 Å². The molecule has 6 nitrogen and oxygen atoms in total. The molecule has 0 radical (unpaired) electrons. The third-order valence-electron chi connectivity index (χ3n) is 4.75. The second-order valence-corrected chi connectivity index (χ2v) is 7.01. The lowest BCUT2D eigenvalue weighted by molar-refractivity contribution is 0.0948. The first-order valence-electron chi connectivity index (χ1n) is 9.91. The van der Waals surface area contributed by atoms with E-state index in [0.29, 0.717) is 23.9 Å². The number of aromatic nitrogens is 2. The highest BCUT2D eigenvalue weighted by Crippen LogP contribution is 2.23. The van der Waals surface area contributed by atoms with Crippen LogP contribution in [-0.2, 0) is 0 Å². The van der Waals surface area contributed by atoms with E-state index in [-0.39, 0.29) is 5.91 Å². The van der Waals surface area contributed by atoms with Crippen LogP contribution in [0.5, 0.6) is 0 Å². The molecule has 0 unspecified atom stereocenters. The number of piperidine rings is 1. The fourth-order valence-corrected chi connectivity index (χ4v) is 3.27. The molecule has 6 heteroatoms. The second-order valence-electron chi connectivity index (χ2n) is 7.01. The molecule has 1 fully saturated rings. The van der Waals surface area contributed by atoms with Gasteiger partial charge < -0.3 is 15.5 Å². The number of hydrogen-bond acceptors (Lipinski definition) is 5. The summed E-state index contributed by atoms with van der Waals surface area (Å²) in [5.41, 5.74) is 2.60. The number of rotatable bonds is 7. The van der Waals surface area contributed by atoms with Crippen LogP contribution in [0.1, 0.15) is 55.3 Å². The van der Waals surface area contributed by atoms with Crippen molar-refractivity contribution >= 4 is 23.1 Å². The van der Waals surface area contributed by atoms with Crippen molar-refractivity contribution < 1.29 is 4.79 Å². The first kappa shape index (κ1) is 19.1. The highest BCUT2D eigenvalue weighted by molar-refractivity contribution is 5.93. The Morgan fingerprint density at radius 3 is 2.56 bits per heavy atom. The molecule has 1 aliphatic heterocycles. The topological polar surface area (TPSA) is 70.2 Å². The highest BCUT2D eigenvalue weighted by atomic mass is 16.1. The summed E-state index contributed by atoms with van der Waals surface area (Å²) < 4.78 is 0. The minimum atomic E-state index is -0.155. The minimum absolute atomic E-state index is 0.155. The summed E-state index contributed by atoms with van der Waals surface area (Å²) >= 11 is 0. The number of carbonyl (C=O) groups excluding carboxylic acids is 1. The van der Waals surface area contributed by atoms with E-state index in [1.807, 2.05) is 0 Å². The number of hydrogen-bond donors (Lipinski definition) is 2. The average Bonchev–Trinajstić information content (AvgIpc) is 2.69. The monoisotopic (exact) mass is 367 g/mol. The Hall–Kier alpha value is -2.63. The van der Waals surface area contributed by atoms with E-state index in [4.69, 9.17) is 0 Å². The van der Waals surface area contributed by atoms with Crippen LogP contribution in [0.3, 0.4) is 0 Å². The Kier molecular flexibility index (Phi) is 6.63. The fourth-order valence-electron chi connectivity index (χ4n) is 3.27. The number of carbonyl (C=O) groups is 1. The summed E-state index contributed by atoms with van der Waals surface area (Å²) in [7, 11) is 0. The van der Waals surface area contributed by atoms with Gasteiger partial charge >= 0.3 is 0 Å². The molecule has 0 atom stereocenters. The molecule has 1 aromatic heterocycles. The summed E-state index contributed by atoms with van der Waals surface area (Å²) in [6, 6.07) is 10.1. The van der Waals surface area contributed by atoms with Gasteiger partial charge in [0.25, 0.3) is 5.91 Å². The summed E-state index contributed by atoms with van der Waals surface area (Å²) in [4.78, 5) is 23.4. The number of nitrogens with zero attached hydrogens (tertiary/aromatic N) is 3. The predicted molar refractivity (Wildman–Crippen MR) is 110 cm³/mol. The second kappa shape index (κ2) is 9.35. The maximum atomic E-state index is 12.3. The molecule has 0 aliphatic carbocycles. The number of benzene rings is 1. The quantitative estimate of drug-likeness (QED) is 0.723. The third kappa shape index (κ3) is 5.42. The molecule has 2 aromatic rings. The molecule has 0 saturated carbocycles. The van der Waals surface area contributed by atoms with Crippen LogP contribution < -0.4 is 15.5 Å². The molecule has 1 amide bonds. The lowest BCUT2D eigenvalue weighted by atomic mass is 10.1. The zero-order valence-electron chi connectivity index (χ0n) is 16.3. The van der Waals surface area contributed by atoms with E-state index >= 15 is 0 Å². The summed E-state index contributed by atoms with van der Waals surface area (Å²) in [6.07, 6.45) is 5.87. The van der Waals surface area contributed by atoms with Crippen molar-refractivity contribution in [2.75, 3.05) is 29.9 Å². The van der Waals surface area contributed by atoms with Gasteiger partial charge in [-0.1, -0.05) is 13.3 Å². The van der Waals surface area contributed by atoms with Crippen molar-refractivity contribution in [2.24, 2.45) is 0 Å². The number of nitrogens with one attached hydrogen (secondary N) is 2. The molecule has 0 bridgehead atoms. The van der Waals surface area contributed by atoms with E-state index in [2.05, 4.69) is 56.7 Å². The third-order valence-corrected chi connectivity index (χ3v) is 4.75. The van der Waals surface area contributed by atoms with Gasteiger partial charge in [0.1, 0.15) is 17.3 Å². The molecule has 1 saturated heterocycles. The molecule has 1 aliphatic rings. The normalized spacial score (nSPS) is 14.1. The van der Waals surface area contributed by atoms with Gasteiger partial charge in [-0.25, -0.2) is 9.97 Å². The van der Waals surface area contributed by atoms with Gasteiger partial charge in [0.05, 0.1) is 0 Å². The summed E-state index contributed by atoms with van der Waals surface area (Å²) in [5.74, 6) is 1.05. The van der Waals surface area contributed by atoms with Crippen LogP contribution >= 0.6 is 0 Å². The van der Waals surface area contributed by atoms with Crippen molar-refractivity contribution in [3.05, 3.63) is 41.9 Å². The van der Waals surface area contributed by atoms with Gasteiger partial charge in [-0.15, -0.1) is 0 Å². The lowest BCUT2D eigenvalue weighted by Crippen LogP contribution is -2.29. The lowest BCUT2D eigenvalue weighted by Gasteiger charge is -2.28. The van der Waals surface area contributed by atoms with E-state index in [1.54, 1.807) is 13.0 Å². The minimum Gasteiger partial charge on any atom is -0.372 e. The molecule has 27 heavy (non-hydrogen) atoms. The van der Waals surface area contributed by atoms with E-state index < -0.39 is 0 Å². The molecule has 2 heterocycles. The van der Waals surface area contributed by atoms with E-state index in [1.165, 1.54) is 24.9 Å². The number of amides is 1. The maximum absolute atomic E-state index is 12.3. The van der Waals surface area contributed by atoms with Gasteiger partial charge in [-0.05, 0) is 56.9 Å². The van der Waals surface area contributed by atoms with Gasteiger partial charge in [-0.3, -0.25) is 4.79 Å². The molecule has 0 spiro atoms. The van der Waals surface area contributed by atoms with Crippen LogP contribution in [0.15, 0.2) is 30.3 Å². The predicted octanol–water partition coefficient (Wildman–Crippen LogP) is 4.05. The smallest absolute Gasteiger partial charge is 0.270 e. The fraction of sp³-hybridized carbons (Fsp3) is 0.476. The van der Waals surface area contributed by atoms with Crippen molar-refractivity contribution in [1.82, 2.24) is 15.3 Å². The number of anilines is 3. The summed E-state index contributed by atoms with van der Waals surface area (Å²) in [6.45, 7) is 6.83. The summed E-state index contributed by atoms with van der Waals surface area (Å²) in [5, 5.41) is 6.19. The van der Waals surface area contributed by atoms with Gasteiger partial charge in [0.2, 0.25) is 0 Å². The zero-order valence-corrected chi connectivity index (χ0v) is 16.3. The molecule has 1 aromatic carbocycles. The standard InChI is InChI=1S/C21H29N5O/c1-3-4-12-22-21(27)19-15-20(24-16(2)23-19)25-17-8-10-18(11-9-17)26-13-6-5-7-14-26/h8-11,15H,3-7,12-14H2,1-2H3,(H,22,27)(H,23,24,25). The van der Waals surface area contributed by atoms with Crippen molar-refractivity contribution in [3.8, 4) is 0 Å². The molecular weight excluding hydrogens is 338 g/mol. The first-order chi connectivity index (χ1) is 13.2. The largest absolute Gasteiger partial charge is 0.372 e. The van der Waals surface area contributed by atoms with Gasteiger partial charge in [0.15, 0.2) is 0 Å². The maximum Gasteiger partial charge on any atom is 0.270 e. The molecule has 144 valence electrons. The van der Waals surface area contributed by atoms with E-state index in [0.717, 1.165) is 31.6 Å². The Balaban J connectivity index is 1.66. The average molecular weight is 367 g/mol. The van der Waals surface area contributed by atoms with Crippen LogP contribution in [0.2, 0.25) is 0 Å². The van der Waals surface area contributed by atoms with Crippen LogP contribution in [0, 0.1) is 6.92 Å². The Labute approximate surface area is 161 Å².